The number of aliphatic hydroxyl groups excluding tert-OH is 1. The van der Waals surface area contributed by atoms with Crippen LogP contribution in [0.3, 0.4) is 0 Å². The van der Waals surface area contributed by atoms with Crippen molar-refractivity contribution in [1.29, 1.82) is 0 Å². The zero-order valence-corrected chi connectivity index (χ0v) is 21.1. The van der Waals surface area contributed by atoms with Crippen LogP contribution in [0.1, 0.15) is 72.9 Å². The van der Waals surface area contributed by atoms with Crippen LogP contribution in [0.2, 0.25) is 0 Å². The van der Waals surface area contributed by atoms with Gasteiger partial charge in [-0.2, -0.15) is 4.39 Å². The van der Waals surface area contributed by atoms with Crippen molar-refractivity contribution in [3.63, 3.8) is 0 Å². The molecule has 38 heavy (non-hydrogen) atoms. The lowest BCUT2D eigenvalue weighted by atomic mass is 9.81. The maximum atomic E-state index is 15.0. The lowest BCUT2D eigenvalue weighted by Gasteiger charge is -2.24. The molecule has 2 nitrogen and oxygen atoms in total. The van der Waals surface area contributed by atoms with Gasteiger partial charge in [0.1, 0.15) is 0 Å². The van der Waals surface area contributed by atoms with E-state index in [1.807, 2.05) is 0 Å². The second kappa shape index (κ2) is 11.6. The number of aliphatic hydroxyl groups is 1. The van der Waals surface area contributed by atoms with E-state index in [-0.39, 0.29) is 58.9 Å². The highest BCUT2D eigenvalue weighted by molar-refractivity contribution is 5.67. The van der Waals surface area contributed by atoms with Gasteiger partial charge in [0.15, 0.2) is 34.8 Å². The Morgan fingerprint density at radius 1 is 0.816 bits per heavy atom. The minimum atomic E-state index is -1.15. The van der Waals surface area contributed by atoms with Crippen molar-refractivity contribution >= 4 is 5.57 Å². The molecule has 0 spiro atoms. The van der Waals surface area contributed by atoms with Crippen LogP contribution in [0.4, 0.5) is 26.3 Å². The molecule has 4 rings (SSSR count). The minimum absolute atomic E-state index is 0.0314. The Morgan fingerprint density at radius 2 is 1.47 bits per heavy atom. The molecule has 0 saturated carbocycles. The summed E-state index contributed by atoms with van der Waals surface area (Å²) in [5, 5.41) is 9.58. The quantitative estimate of drug-likeness (QED) is 0.296. The molecule has 0 saturated heterocycles. The maximum Gasteiger partial charge on any atom is 0.200 e. The van der Waals surface area contributed by atoms with Crippen molar-refractivity contribution in [2.24, 2.45) is 0 Å². The van der Waals surface area contributed by atoms with Gasteiger partial charge in [-0.15, -0.1) is 0 Å². The Morgan fingerprint density at radius 3 is 2.08 bits per heavy atom. The Bertz CT molecular complexity index is 1370. The zero-order chi connectivity index (χ0) is 27.6. The lowest BCUT2D eigenvalue weighted by Crippen LogP contribution is -2.10. The molecule has 0 aromatic heterocycles. The van der Waals surface area contributed by atoms with Gasteiger partial charge in [-0.3, -0.25) is 0 Å². The summed E-state index contributed by atoms with van der Waals surface area (Å²) in [6.07, 6.45) is 1.53. The second-order valence-corrected chi connectivity index (χ2v) is 9.43. The summed E-state index contributed by atoms with van der Waals surface area (Å²) in [4.78, 5) is 0. The highest BCUT2D eigenvalue weighted by Gasteiger charge is 2.26. The number of allylic oxidation sites excluding steroid dienone is 2. The summed E-state index contributed by atoms with van der Waals surface area (Å²) < 4.78 is 92.3. The van der Waals surface area contributed by atoms with E-state index < -0.39 is 41.0 Å². The number of halogens is 6. The molecule has 0 radical (unpaired) electrons. The van der Waals surface area contributed by atoms with E-state index in [1.165, 1.54) is 43.3 Å². The summed E-state index contributed by atoms with van der Waals surface area (Å²) in [6, 6.07) is 8.37. The lowest BCUT2D eigenvalue weighted by molar-refractivity contribution is 0.192. The van der Waals surface area contributed by atoms with E-state index in [4.69, 9.17) is 4.74 Å². The van der Waals surface area contributed by atoms with Gasteiger partial charge >= 0.3 is 0 Å². The van der Waals surface area contributed by atoms with Crippen LogP contribution in [-0.4, -0.2) is 11.7 Å². The van der Waals surface area contributed by atoms with Crippen LogP contribution in [0, 0.1) is 34.9 Å². The van der Waals surface area contributed by atoms with E-state index in [1.54, 1.807) is 13.0 Å². The van der Waals surface area contributed by atoms with Gasteiger partial charge in [-0.25, -0.2) is 22.0 Å². The van der Waals surface area contributed by atoms with E-state index in [0.717, 1.165) is 0 Å². The number of benzene rings is 3. The maximum absolute atomic E-state index is 15.0. The fourth-order valence-corrected chi connectivity index (χ4v) is 4.91. The van der Waals surface area contributed by atoms with E-state index in [0.29, 0.717) is 24.8 Å². The molecule has 0 heterocycles. The van der Waals surface area contributed by atoms with Crippen molar-refractivity contribution < 1.29 is 36.2 Å². The molecule has 3 aromatic carbocycles. The molecular weight excluding hydrogens is 506 g/mol. The molecule has 2 atom stereocenters. The molecule has 2 unspecified atom stereocenters. The first kappa shape index (κ1) is 27.8. The molecule has 0 amide bonds. The van der Waals surface area contributed by atoms with Crippen LogP contribution in [0.5, 0.6) is 5.75 Å². The van der Waals surface area contributed by atoms with Gasteiger partial charge in [0, 0.05) is 11.1 Å². The topological polar surface area (TPSA) is 29.5 Å². The molecule has 1 N–H and O–H groups in total. The molecule has 1 aliphatic rings. The minimum Gasteiger partial charge on any atom is -0.491 e. The molecular formula is C30H28F6O2. The van der Waals surface area contributed by atoms with E-state index in [2.05, 4.69) is 0 Å². The third kappa shape index (κ3) is 5.46. The average Bonchev–Trinajstić information content (AvgIpc) is 2.90. The molecule has 0 bridgehead atoms. The number of ether oxygens (including phenoxy) is 1. The first-order valence-electron chi connectivity index (χ1n) is 12.6. The highest BCUT2D eigenvalue weighted by Crippen LogP contribution is 2.39. The predicted molar refractivity (Wildman–Crippen MR) is 133 cm³/mol. The number of hydrogen-bond acceptors (Lipinski definition) is 2. The molecule has 202 valence electrons. The summed E-state index contributed by atoms with van der Waals surface area (Å²) in [7, 11) is 0. The first-order valence-corrected chi connectivity index (χ1v) is 12.6. The summed E-state index contributed by atoms with van der Waals surface area (Å²) in [5.74, 6) is -6.93. The Hall–Kier alpha value is -3.26. The monoisotopic (exact) mass is 534 g/mol. The Balaban J connectivity index is 1.48. The summed E-state index contributed by atoms with van der Waals surface area (Å²) in [6.45, 7) is 3.17. The van der Waals surface area contributed by atoms with Crippen LogP contribution >= 0.6 is 0 Å². The number of hydrogen-bond donors (Lipinski definition) is 1. The number of rotatable bonds is 8. The molecule has 8 heteroatoms. The van der Waals surface area contributed by atoms with Gasteiger partial charge in [0.25, 0.3) is 0 Å². The van der Waals surface area contributed by atoms with Gasteiger partial charge in [0.05, 0.1) is 12.7 Å². The smallest absolute Gasteiger partial charge is 0.200 e. The highest BCUT2D eigenvalue weighted by atomic mass is 19.2. The molecule has 0 fully saturated rings. The summed E-state index contributed by atoms with van der Waals surface area (Å²) in [5.41, 5.74) is 0.777. The molecule has 1 aliphatic carbocycles. The number of aryl methyl sites for hydroxylation is 2. The third-order valence-corrected chi connectivity index (χ3v) is 7.04. The van der Waals surface area contributed by atoms with Gasteiger partial charge in [-0.05, 0) is 80.2 Å². The van der Waals surface area contributed by atoms with Crippen LogP contribution in [-0.2, 0) is 12.8 Å². The predicted octanol–water partition coefficient (Wildman–Crippen LogP) is 8.11. The fourth-order valence-electron chi connectivity index (χ4n) is 4.91. The van der Waals surface area contributed by atoms with E-state index >= 15 is 4.39 Å². The van der Waals surface area contributed by atoms with E-state index in [9.17, 15) is 27.1 Å². The Kier molecular flexibility index (Phi) is 8.51. The first-order chi connectivity index (χ1) is 18.1. The largest absolute Gasteiger partial charge is 0.491 e. The van der Waals surface area contributed by atoms with Gasteiger partial charge in [0.2, 0.25) is 5.82 Å². The van der Waals surface area contributed by atoms with Crippen molar-refractivity contribution in [1.82, 2.24) is 0 Å². The van der Waals surface area contributed by atoms with Crippen molar-refractivity contribution in [2.45, 2.75) is 58.0 Å². The fraction of sp³-hybridized carbons (Fsp3) is 0.333. The SMILES string of the molecule is CCOc1ccc(CCc2ccc(C3CC=C(c4ccc(C(C)O)c(F)c4F)CC3)c(F)c2F)c(F)c1F. The van der Waals surface area contributed by atoms with Crippen molar-refractivity contribution in [2.75, 3.05) is 6.61 Å². The van der Waals surface area contributed by atoms with Crippen LogP contribution in [0.15, 0.2) is 42.5 Å². The van der Waals surface area contributed by atoms with Crippen molar-refractivity contribution in [3.05, 3.63) is 105 Å². The standard InChI is InChI=1S/C30H28F6O2/c1-3-38-24-15-11-20(26(32)30(24)36)9-8-19-10-12-22(28(34)25(19)31)17-4-6-18(7-5-17)23-14-13-21(16(2)37)27(33)29(23)35/h6,10-17,37H,3-5,7-9H2,1-2H3. The average molecular weight is 535 g/mol. The van der Waals surface area contributed by atoms with Crippen LogP contribution < -0.4 is 4.74 Å². The third-order valence-electron chi connectivity index (χ3n) is 7.04. The van der Waals surface area contributed by atoms with Gasteiger partial charge in [-0.1, -0.05) is 36.4 Å². The molecule has 0 aliphatic heterocycles. The molecule has 3 aromatic rings. The zero-order valence-electron chi connectivity index (χ0n) is 21.1. The summed E-state index contributed by atoms with van der Waals surface area (Å²) >= 11 is 0. The van der Waals surface area contributed by atoms with Crippen molar-refractivity contribution in [3.8, 4) is 5.75 Å². The van der Waals surface area contributed by atoms with Crippen LogP contribution in [0.25, 0.3) is 5.57 Å². The Labute approximate surface area is 217 Å². The normalized spacial score (nSPS) is 16.3. The second-order valence-electron chi connectivity index (χ2n) is 9.43. The van der Waals surface area contributed by atoms with Gasteiger partial charge < -0.3 is 9.84 Å².